The lowest BCUT2D eigenvalue weighted by molar-refractivity contribution is -0.136. The van der Waals surface area contributed by atoms with Crippen LogP contribution < -0.4 is 21.8 Å². The van der Waals surface area contributed by atoms with Gasteiger partial charge in [-0.25, -0.2) is 9.78 Å². The molecule has 1 aliphatic carbocycles. The number of thioether (sulfide) groups is 1. The Balaban J connectivity index is 1.58. The Morgan fingerprint density at radius 2 is 1.86 bits per heavy atom. The van der Waals surface area contributed by atoms with Crippen molar-refractivity contribution in [2.45, 2.75) is 75.9 Å². The molecule has 1 aromatic carbocycles. The van der Waals surface area contributed by atoms with Crippen LogP contribution in [0.1, 0.15) is 73.5 Å². The molecule has 0 aliphatic heterocycles. The average Bonchev–Trinajstić information content (AvgIpc) is 2.86. The summed E-state index contributed by atoms with van der Waals surface area (Å²) in [5.74, 6) is -0.461. The van der Waals surface area contributed by atoms with Crippen molar-refractivity contribution in [3.63, 3.8) is 0 Å². The minimum absolute atomic E-state index is 0.00918. The number of amides is 1. The van der Waals surface area contributed by atoms with Crippen LogP contribution in [-0.4, -0.2) is 39.4 Å². The summed E-state index contributed by atoms with van der Waals surface area (Å²) in [4.78, 5) is 55.7. The van der Waals surface area contributed by atoms with Crippen molar-refractivity contribution in [3.05, 3.63) is 51.4 Å². The highest BCUT2D eigenvalue weighted by molar-refractivity contribution is 7.99. The SMILES string of the molecule is CCc1c(CC2CCCCC2)nc(SCC(=O)c2ccc(OC(=O)C(N)CCC(N)=O)cc2)[nH]c1=O. The van der Waals surface area contributed by atoms with E-state index in [-0.39, 0.29) is 35.7 Å². The number of benzene rings is 1. The van der Waals surface area contributed by atoms with Crippen LogP contribution in [0, 0.1) is 5.92 Å². The number of hydrogen-bond acceptors (Lipinski definition) is 8. The molecule has 36 heavy (non-hydrogen) atoms. The lowest BCUT2D eigenvalue weighted by Gasteiger charge is -2.22. The van der Waals surface area contributed by atoms with Gasteiger partial charge in [-0.3, -0.25) is 14.4 Å². The number of carbonyl (C=O) groups is 3. The zero-order chi connectivity index (χ0) is 26.1. The zero-order valence-electron chi connectivity index (χ0n) is 20.6. The maximum Gasteiger partial charge on any atom is 0.328 e. The van der Waals surface area contributed by atoms with E-state index in [1.54, 1.807) is 12.1 Å². The number of nitrogens with zero attached hydrogens (tertiary/aromatic N) is 1. The third-order valence-corrected chi connectivity index (χ3v) is 7.25. The Morgan fingerprint density at radius 1 is 1.17 bits per heavy atom. The number of nitrogens with two attached hydrogens (primary N) is 2. The van der Waals surface area contributed by atoms with Crippen molar-refractivity contribution in [1.29, 1.82) is 0 Å². The van der Waals surface area contributed by atoms with Gasteiger partial charge in [0.2, 0.25) is 5.91 Å². The molecule has 0 radical (unpaired) electrons. The van der Waals surface area contributed by atoms with E-state index in [1.807, 2.05) is 6.92 Å². The van der Waals surface area contributed by atoms with Gasteiger partial charge in [0.25, 0.3) is 5.56 Å². The molecule has 194 valence electrons. The predicted octanol–water partition coefficient (Wildman–Crippen LogP) is 2.93. The number of aromatic amines is 1. The number of esters is 1. The molecular formula is C26H34N4O5S. The van der Waals surface area contributed by atoms with Gasteiger partial charge in [0.1, 0.15) is 11.8 Å². The number of nitrogens with one attached hydrogen (secondary N) is 1. The first-order chi connectivity index (χ1) is 17.3. The minimum Gasteiger partial charge on any atom is -0.425 e. The summed E-state index contributed by atoms with van der Waals surface area (Å²) in [5.41, 5.74) is 12.7. The maximum atomic E-state index is 12.7. The second kappa shape index (κ2) is 13.4. The molecule has 0 saturated heterocycles. The molecule has 1 heterocycles. The monoisotopic (exact) mass is 514 g/mol. The van der Waals surface area contributed by atoms with Crippen molar-refractivity contribution >= 4 is 29.4 Å². The average molecular weight is 515 g/mol. The Morgan fingerprint density at radius 3 is 2.50 bits per heavy atom. The second-order valence-electron chi connectivity index (χ2n) is 9.13. The van der Waals surface area contributed by atoms with Gasteiger partial charge in [0.15, 0.2) is 10.9 Å². The van der Waals surface area contributed by atoms with Crippen molar-refractivity contribution in [1.82, 2.24) is 9.97 Å². The second-order valence-corrected chi connectivity index (χ2v) is 10.1. The van der Waals surface area contributed by atoms with Gasteiger partial charge in [0.05, 0.1) is 11.4 Å². The highest BCUT2D eigenvalue weighted by atomic mass is 32.2. The fourth-order valence-electron chi connectivity index (χ4n) is 4.32. The van der Waals surface area contributed by atoms with Gasteiger partial charge in [0, 0.05) is 17.5 Å². The molecule has 0 spiro atoms. The fraction of sp³-hybridized carbons (Fsp3) is 0.500. The molecule has 1 fully saturated rings. The number of carbonyl (C=O) groups excluding carboxylic acids is 3. The van der Waals surface area contributed by atoms with E-state index in [9.17, 15) is 19.2 Å². The Labute approximate surface area is 214 Å². The molecule has 2 aromatic rings. The van der Waals surface area contributed by atoms with Crippen LogP contribution in [0.3, 0.4) is 0 Å². The third-order valence-electron chi connectivity index (χ3n) is 6.38. The van der Waals surface area contributed by atoms with Gasteiger partial charge in [-0.15, -0.1) is 0 Å². The number of aromatic nitrogens is 2. The molecule has 10 heteroatoms. The van der Waals surface area contributed by atoms with E-state index in [0.717, 1.165) is 17.7 Å². The maximum absolute atomic E-state index is 12.7. The number of ketones is 1. The van der Waals surface area contributed by atoms with Crippen LogP contribution in [0.15, 0.2) is 34.2 Å². The number of Topliss-reactive ketones (excluding diaryl/α,β-unsaturated/α-hetero) is 1. The first-order valence-electron chi connectivity index (χ1n) is 12.4. The van der Waals surface area contributed by atoms with E-state index in [0.29, 0.717) is 23.1 Å². The van der Waals surface area contributed by atoms with Crippen LogP contribution in [0.25, 0.3) is 0 Å². The van der Waals surface area contributed by atoms with E-state index in [1.165, 1.54) is 56.0 Å². The first-order valence-corrected chi connectivity index (χ1v) is 13.4. The van der Waals surface area contributed by atoms with Gasteiger partial charge in [-0.2, -0.15) is 0 Å². The smallest absolute Gasteiger partial charge is 0.328 e. The molecular weight excluding hydrogens is 480 g/mol. The summed E-state index contributed by atoms with van der Waals surface area (Å²) in [6.07, 6.45) is 7.59. The zero-order valence-corrected chi connectivity index (χ0v) is 21.4. The van der Waals surface area contributed by atoms with E-state index >= 15 is 0 Å². The predicted molar refractivity (Wildman–Crippen MR) is 138 cm³/mol. The molecule has 1 aromatic heterocycles. The number of hydrogen-bond donors (Lipinski definition) is 3. The highest BCUT2D eigenvalue weighted by Gasteiger charge is 2.20. The third kappa shape index (κ3) is 8.03. The van der Waals surface area contributed by atoms with Gasteiger partial charge < -0.3 is 21.2 Å². The largest absolute Gasteiger partial charge is 0.425 e. The van der Waals surface area contributed by atoms with Gasteiger partial charge in [-0.05, 0) is 49.4 Å². The van der Waals surface area contributed by atoms with Crippen LogP contribution in [-0.2, 0) is 22.4 Å². The lowest BCUT2D eigenvalue weighted by Crippen LogP contribution is -2.35. The standard InChI is InChI=1S/C26H34N4O5S/c1-2-19-21(14-16-6-4-3-5-7-16)29-26(30-24(19)33)36-15-22(31)17-8-10-18(11-9-17)35-25(34)20(27)12-13-23(28)32/h8-11,16,20H,2-7,12-15,27H2,1H3,(H2,28,32)(H,29,30,33). The van der Waals surface area contributed by atoms with Crippen LogP contribution in [0.2, 0.25) is 0 Å². The number of rotatable bonds is 12. The van der Waals surface area contributed by atoms with Gasteiger partial charge >= 0.3 is 5.97 Å². The van der Waals surface area contributed by atoms with Gasteiger partial charge in [-0.1, -0.05) is 50.8 Å². The Hall–Kier alpha value is -2.98. The molecule has 1 unspecified atom stereocenters. The summed E-state index contributed by atoms with van der Waals surface area (Å²) >= 11 is 1.20. The quantitative estimate of drug-likeness (QED) is 0.128. The summed E-state index contributed by atoms with van der Waals surface area (Å²) in [6.45, 7) is 1.96. The summed E-state index contributed by atoms with van der Waals surface area (Å²) in [7, 11) is 0. The fourth-order valence-corrected chi connectivity index (χ4v) is 5.10. The molecule has 1 aliphatic rings. The normalized spacial score (nSPS) is 14.8. The van der Waals surface area contributed by atoms with Crippen LogP contribution in [0.4, 0.5) is 0 Å². The number of primary amides is 1. The molecule has 1 amide bonds. The molecule has 1 atom stereocenters. The summed E-state index contributed by atoms with van der Waals surface area (Å²) < 4.78 is 5.20. The molecule has 9 nitrogen and oxygen atoms in total. The Bertz CT molecular complexity index is 1130. The van der Waals surface area contributed by atoms with E-state index < -0.39 is 17.9 Å². The first kappa shape index (κ1) is 27.6. The topological polar surface area (TPSA) is 158 Å². The van der Waals surface area contributed by atoms with Crippen molar-refractivity contribution in [3.8, 4) is 5.75 Å². The number of H-pyrrole nitrogens is 1. The van der Waals surface area contributed by atoms with Crippen molar-refractivity contribution in [2.75, 3.05) is 5.75 Å². The van der Waals surface area contributed by atoms with Crippen molar-refractivity contribution < 1.29 is 19.1 Å². The lowest BCUT2D eigenvalue weighted by atomic mass is 9.85. The highest BCUT2D eigenvalue weighted by Crippen LogP contribution is 2.27. The van der Waals surface area contributed by atoms with Crippen molar-refractivity contribution in [2.24, 2.45) is 17.4 Å². The Kier molecular flexibility index (Phi) is 10.2. The molecule has 3 rings (SSSR count). The molecule has 0 bridgehead atoms. The van der Waals surface area contributed by atoms with E-state index in [4.69, 9.17) is 21.2 Å². The molecule has 1 saturated carbocycles. The molecule has 5 N–H and O–H groups in total. The number of ether oxygens (including phenoxy) is 1. The minimum atomic E-state index is -0.966. The van der Waals surface area contributed by atoms with E-state index in [2.05, 4.69) is 4.98 Å². The summed E-state index contributed by atoms with van der Waals surface area (Å²) in [6, 6.07) is 5.17. The van der Waals surface area contributed by atoms with Crippen LogP contribution >= 0.6 is 11.8 Å². The summed E-state index contributed by atoms with van der Waals surface area (Å²) in [5, 5.41) is 0.451. The van der Waals surface area contributed by atoms with Crippen LogP contribution in [0.5, 0.6) is 5.75 Å².